The van der Waals surface area contributed by atoms with Gasteiger partial charge in [0.25, 0.3) is 0 Å². The molecule has 0 aromatic carbocycles. The molecule has 4 atom stereocenters. The second-order valence-corrected chi connectivity index (χ2v) is 10.3. The van der Waals surface area contributed by atoms with Crippen LogP contribution in [-0.2, 0) is 4.79 Å². The standard InChI is InChI=1S/C15H27Cl.C7H12.C3H7NO2.C3H8.2C2H6/c1-4-8-13(9-7-12-16)14-10-5-6-11-15(14,2)3;1-7-5-3-2-4-6-7;1-3(6)4-2-5;1-3-2;2*1-2/h7,12-14H,4-6,8-11H2,1-3H3;2-3,7H,4-6H2,1H3;2-3,6H,1H3,(H,4,5);3H2,1-2H3;2*1-2H3/b12-7+;;;;;. The van der Waals surface area contributed by atoms with Gasteiger partial charge in [-0.15, -0.1) is 0 Å². The van der Waals surface area contributed by atoms with Gasteiger partial charge in [-0.3, -0.25) is 4.79 Å². The lowest BCUT2D eigenvalue weighted by Gasteiger charge is -2.43. The largest absolute Gasteiger partial charge is 0.374 e. The molecule has 0 spiro atoms. The van der Waals surface area contributed by atoms with Crippen LogP contribution in [0.2, 0.25) is 0 Å². The maximum absolute atomic E-state index is 9.34. The Labute approximate surface area is 232 Å². The number of aliphatic hydroxyl groups is 1. The topological polar surface area (TPSA) is 49.3 Å². The number of rotatable bonds is 7. The summed E-state index contributed by atoms with van der Waals surface area (Å²) >= 11 is 5.68. The van der Waals surface area contributed by atoms with Crippen molar-refractivity contribution in [2.45, 2.75) is 153 Å². The number of aliphatic hydroxyl groups excluding tert-OH is 1. The number of hydrogen-bond acceptors (Lipinski definition) is 2. The normalized spacial score (nSPS) is 21.0. The van der Waals surface area contributed by atoms with Crippen LogP contribution in [0.15, 0.2) is 23.8 Å². The highest BCUT2D eigenvalue weighted by molar-refractivity contribution is 6.25. The van der Waals surface area contributed by atoms with Gasteiger partial charge in [0.2, 0.25) is 6.41 Å². The third-order valence-corrected chi connectivity index (χ3v) is 6.37. The second kappa shape index (κ2) is 32.2. The van der Waals surface area contributed by atoms with E-state index in [-0.39, 0.29) is 0 Å². The highest BCUT2D eigenvalue weighted by Crippen LogP contribution is 2.46. The molecular formula is C32H66ClNO2. The van der Waals surface area contributed by atoms with Crippen LogP contribution in [0.25, 0.3) is 0 Å². The Kier molecular flexibility index (Phi) is 37.9. The Morgan fingerprint density at radius 3 is 1.97 bits per heavy atom. The van der Waals surface area contributed by atoms with Gasteiger partial charge in [0, 0.05) is 5.54 Å². The van der Waals surface area contributed by atoms with Crippen molar-refractivity contribution < 1.29 is 9.90 Å². The van der Waals surface area contributed by atoms with Gasteiger partial charge in [-0.2, -0.15) is 0 Å². The van der Waals surface area contributed by atoms with Gasteiger partial charge < -0.3 is 10.4 Å². The minimum atomic E-state index is -0.720. The average Bonchev–Trinajstić information content (AvgIpc) is 2.86. The quantitative estimate of drug-likeness (QED) is 0.195. The summed E-state index contributed by atoms with van der Waals surface area (Å²) in [6.07, 6.45) is 21.2. The van der Waals surface area contributed by atoms with Crippen molar-refractivity contribution in [2.24, 2.45) is 23.2 Å². The van der Waals surface area contributed by atoms with E-state index in [0.717, 1.165) is 17.8 Å². The van der Waals surface area contributed by atoms with Crippen molar-refractivity contribution in [1.29, 1.82) is 0 Å². The summed E-state index contributed by atoms with van der Waals surface area (Å²) < 4.78 is 0. The molecule has 2 rings (SSSR count). The highest BCUT2D eigenvalue weighted by atomic mass is 35.5. The lowest BCUT2D eigenvalue weighted by atomic mass is 9.62. The van der Waals surface area contributed by atoms with Crippen LogP contribution in [0.4, 0.5) is 0 Å². The highest BCUT2D eigenvalue weighted by Gasteiger charge is 2.36. The van der Waals surface area contributed by atoms with Crippen LogP contribution in [0.5, 0.6) is 0 Å². The van der Waals surface area contributed by atoms with Gasteiger partial charge in [0.1, 0.15) is 6.23 Å². The third kappa shape index (κ3) is 27.8. The van der Waals surface area contributed by atoms with Crippen molar-refractivity contribution >= 4 is 18.0 Å². The molecule has 0 saturated heterocycles. The van der Waals surface area contributed by atoms with E-state index in [1.807, 2.05) is 27.7 Å². The first-order valence-corrected chi connectivity index (χ1v) is 15.4. The lowest BCUT2D eigenvalue weighted by molar-refractivity contribution is -0.111. The van der Waals surface area contributed by atoms with Crippen molar-refractivity contribution in [2.75, 3.05) is 0 Å². The van der Waals surface area contributed by atoms with E-state index in [1.54, 1.807) is 5.54 Å². The van der Waals surface area contributed by atoms with Gasteiger partial charge in [-0.05, 0) is 68.6 Å². The average molecular weight is 532 g/mol. The van der Waals surface area contributed by atoms with Gasteiger partial charge in [0.05, 0.1) is 0 Å². The first-order chi connectivity index (χ1) is 17.2. The molecular weight excluding hydrogens is 466 g/mol. The number of allylic oxidation sites excluding steroid dienone is 3. The van der Waals surface area contributed by atoms with Crippen LogP contribution in [-0.4, -0.2) is 17.7 Å². The first-order valence-electron chi connectivity index (χ1n) is 15.0. The number of nitrogens with one attached hydrogen (secondary N) is 1. The van der Waals surface area contributed by atoms with Crippen molar-refractivity contribution in [3.8, 4) is 0 Å². The van der Waals surface area contributed by atoms with Gasteiger partial charge in [0.15, 0.2) is 0 Å². The predicted molar refractivity (Wildman–Crippen MR) is 165 cm³/mol. The molecule has 4 unspecified atom stereocenters. The summed E-state index contributed by atoms with van der Waals surface area (Å²) in [5.74, 6) is 2.69. The molecule has 36 heavy (non-hydrogen) atoms. The summed E-state index contributed by atoms with van der Waals surface area (Å²) in [6, 6.07) is 0. The zero-order valence-electron chi connectivity index (χ0n) is 26.2. The molecule has 2 aliphatic rings. The number of halogens is 1. The molecule has 0 aromatic heterocycles. The maximum Gasteiger partial charge on any atom is 0.209 e. The van der Waals surface area contributed by atoms with Crippen molar-refractivity contribution in [1.82, 2.24) is 5.32 Å². The monoisotopic (exact) mass is 531 g/mol. The summed E-state index contributed by atoms with van der Waals surface area (Å²) in [4.78, 5) is 9.34. The van der Waals surface area contributed by atoms with E-state index in [0.29, 0.717) is 11.8 Å². The lowest BCUT2D eigenvalue weighted by Crippen LogP contribution is -2.33. The number of amides is 1. The van der Waals surface area contributed by atoms with E-state index in [2.05, 4.69) is 65.1 Å². The molecule has 4 heteroatoms. The number of carbonyl (C=O) groups is 1. The molecule has 2 N–H and O–H groups in total. The van der Waals surface area contributed by atoms with Crippen molar-refractivity contribution in [3.05, 3.63) is 23.8 Å². The third-order valence-electron chi connectivity index (χ3n) is 6.19. The zero-order valence-corrected chi connectivity index (χ0v) is 27.0. The molecule has 1 fully saturated rings. The Morgan fingerprint density at radius 1 is 1.08 bits per heavy atom. The summed E-state index contributed by atoms with van der Waals surface area (Å²) in [5, 5.41) is 10.3. The molecule has 0 aromatic rings. The van der Waals surface area contributed by atoms with E-state index in [9.17, 15) is 4.79 Å². The zero-order chi connectivity index (χ0) is 28.8. The van der Waals surface area contributed by atoms with Crippen molar-refractivity contribution in [3.63, 3.8) is 0 Å². The van der Waals surface area contributed by atoms with E-state index < -0.39 is 6.23 Å². The molecule has 218 valence electrons. The SMILES string of the molecule is CC.CC.CC(O)NC=O.CC1CC=CCC1.CCC.CCCC(C/C=C/Cl)C1CCCCC1(C)C. The smallest absolute Gasteiger partial charge is 0.209 e. The second-order valence-electron chi connectivity index (χ2n) is 10.0. The van der Waals surface area contributed by atoms with Crippen LogP contribution in [0.1, 0.15) is 147 Å². The Hall–Kier alpha value is -0.800. The molecule has 2 aliphatic carbocycles. The van der Waals surface area contributed by atoms with Gasteiger partial charge in [-0.25, -0.2) is 0 Å². The fraction of sp³-hybridized carbons (Fsp3) is 0.844. The number of carbonyl (C=O) groups excluding carboxylic acids is 1. The van der Waals surface area contributed by atoms with E-state index >= 15 is 0 Å². The van der Waals surface area contributed by atoms with E-state index in [1.165, 1.54) is 77.6 Å². The summed E-state index contributed by atoms with van der Waals surface area (Å²) in [6.45, 7) is 23.2. The molecule has 3 nitrogen and oxygen atoms in total. The fourth-order valence-corrected chi connectivity index (χ4v) is 4.62. The molecule has 1 amide bonds. The molecule has 0 radical (unpaired) electrons. The van der Waals surface area contributed by atoms with Crippen LogP contribution in [0, 0.1) is 23.2 Å². The van der Waals surface area contributed by atoms with Crippen LogP contribution >= 0.6 is 11.6 Å². The minimum Gasteiger partial charge on any atom is -0.374 e. The molecule has 0 bridgehead atoms. The van der Waals surface area contributed by atoms with Gasteiger partial charge in [-0.1, -0.05) is 131 Å². The number of hydrogen-bond donors (Lipinski definition) is 2. The van der Waals surface area contributed by atoms with E-state index in [4.69, 9.17) is 16.7 Å². The Balaban J connectivity index is -0.000000212. The minimum absolute atomic E-state index is 0.449. The molecule has 0 aliphatic heterocycles. The summed E-state index contributed by atoms with van der Waals surface area (Å²) in [7, 11) is 0. The molecule has 0 heterocycles. The summed E-state index contributed by atoms with van der Waals surface area (Å²) in [5.41, 5.74) is 2.23. The van der Waals surface area contributed by atoms with Crippen LogP contribution in [0.3, 0.4) is 0 Å². The first kappa shape index (κ1) is 42.3. The van der Waals surface area contributed by atoms with Gasteiger partial charge >= 0.3 is 0 Å². The van der Waals surface area contributed by atoms with Crippen LogP contribution < -0.4 is 5.32 Å². The fourth-order valence-electron chi connectivity index (χ4n) is 4.52. The Morgan fingerprint density at radius 2 is 1.67 bits per heavy atom. The Bertz CT molecular complexity index is 475. The molecule has 1 saturated carbocycles. The maximum atomic E-state index is 9.34. The predicted octanol–water partition coefficient (Wildman–Crippen LogP) is 10.7.